The highest BCUT2D eigenvalue weighted by molar-refractivity contribution is 7.16. The molecule has 0 saturated carbocycles. The number of nitrogens with zero attached hydrogens (tertiary/aromatic N) is 7. The molecular formula is C24H23FN8O2S2. The molecule has 2 saturated heterocycles. The average molecular weight is 539 g/mol. The number of carbonyl (C=O) groups is 1. The predicted octanol–water partition coefficient (Wildman–Crippen LogP) is 3.63. The Kier molecular flexibility index (Phi) is 6.26. The number of rotatable bonds is 6. The molecular weight excluding hydrogens is 515 g/mol. The molecule has 0 aromatic carbocycles. The van der Waals surface area contributed by atoms with E-state index in [1.54, 1.807) is 18.3 Å². The molecule has 6 heterocycles. The number of hydrogen-bond donors (Lipinski definition) is 2. The average Bonchev–Trinajstić information content (AvgIpc) is 3.59. The summed E-state index contributed by atoms with van der Waals surface area (Å²) in [5.74, 6) is 0.569. The van der Waals surface area contributed by atoms with Gasteiger partial charge in [-0.15, -0.1) is 22.7 Å². The van der Waals surface area contributed by atoms with E-state index in [0.29, 0.717) is 41.2 Å². The van der Waals surface area contributed by atoms with Crippen LogP contribution in [0.4, 0.5) is 21.3 Å². The van der Waals surface area contributed by atoms with Crippen molar-refractivity contribution < 1.29 is 14.3 Å². The Morgan fingerprint density at radius 3 is 2.57 bits per heavy atom. The van der Waals surface area contributed by atoms with Gasteiger partial charge in [0.15, 0.2) is 10.9 Å². The normalized spacial score (nSPS) is 18.9. The summed E-state index contributed by atoms with van der Waals surface area (Å²) < 4.78 is 13.2. The number of pyridine rings is 1. The number of thiazole rings is 2. The summed E-state index contributed by atoms with van der Waals surface area (Å²) in [6, 6.07) is 3.64. The first-order valence-corrected chi connectivity index (χ1v) is 13.5. The van der Waals surface area contributed by atoms with Crippen LogP contribution in [0.1, 0.15) is 33.9 Å². The van der Waals surface area contributed by atoms with Gasteiger partial charge in [0, 0.05) is 24.7 Å². The predicted molar refractivity (Wildman–Crippen MR) is 139 cm³/mol. The van der Waals surface area contributed by atoms with Gasteiger partial charge in [0.25, 0.3) is 5.91 Å². The lowest BCUT2D eigenvalue weighted by atomic mass is 10.1. The lowest BCUT2D eigenvalue weighted by Crippen LogP contribution is -2.56. The number of nitrogens with one attached hydrogen (secondary N) is 1. The van der Waals surface area contributed by atoms with Crippen LogP contribution in [-0.4, -0.2) is 66.0 Å². The number of aliphatic hydroxyl groups is 1. The van der Waals surface area contributed by atoms with Crippen LogP contribution >= 0.6 is 22.7 Å². The molecule has 2 aliphatic rings. The molecule has 37 heavy (non-hydrogen) atoms. The summed E-state index contributed by atoms with van der Waals surface area (Å²) >= 11 is 2.93. The van der Waals surface area contributed by atoms with Crippen molar-refractivity contribution in [3.05, 3.63) is 58.2 Å². The minimum absolute atomic E-state index is 0.0418. The van der Waals surface area contributed by atoms with Crippen molar-refractivity contribution in [3.8, 4) is 10.6 Å². The SMILES string of the molecule is Cc1nc(CO)c(-c2csc(Nc3ccc(C(=O)N4[C@@H]5CC[C@H]4CN(c4ncc(F)cn4)C5)cn3)n2)s1. The molecule has 13 heteroatoms. The number of aromatic nitrogens is 5. The van der Waals surface area contributed by atoms with Crippen LogP contribution in [0.15, 0.2) is 36.1 Å². The highest BCUT2D eigenvalue weighted by atomic mass is 32.1. The topological polar surface area (TPSA) is 120 Å². The van der Waals surface area contributed by atoms with Crippen LogP contribution in [0.3, 0.4) is 0 Å². The van der Waals surface area contributed by atoms with Gasteiger partial charge in [-0.2, -0.15) is 0 Å². The van der Waals surface area contributed by atoms with E-state index in [1.165, 1.54) is 35.1 Å². The van der Waals surface area contributed by atoms with Crippen LogP contribution < -0.4 is 10.2 Å². The second-order valence-electron chi connectivity index (χ2n) is 8.97. The van der Waals surface area contributed by atoms with Crippen LogP contribution in [0.5, 0.6) is 0 Å². The minimum atomic E-state index is -0.466. The van der Waals surface area contributed by atoms with E-state index in [1.807, 2.05) is 22.1 Å². The minimum Gasteiger partial charge on any atom is -0.390 e. The van der Waals surface area contributed by atoms with Gasteiger partial charge in [0.2, 0.25) is 5.95 Å². The molecule has 6 rings (SSSR count). The molecule has 2 fully saturated rings. The molecule has 0 radical (unpaired) electrons. The molecule has 0 unspecified atom stereocenters. The first-order chi connectivity index (χ1) is 18.0. The van der Waals surface area contributed by atoms with Gasteiger partial charge in [-0.25, -0.2) is 29.3 Å². The van der Waals surface area contributed by atoms with Crippen molar-refractivity contribution in [3.63, 3.8) is 0 Å². The maximum atomic E-state index is 13.4. The number of piperazine rings is 1. The van der Waals surface area contributed by atoms with E-state index in [4.69, 9.17) is 0 Å². The molecule has 0 aliphatic carbocycles. The second-order valence-corrected chi connectivity index (χ2v) is 11.0. The highest BCUT2D eigenvalue weighted by Gasteiger charge is 2.43. The smallest absolute Gasteiger partial charge is 0.256 e. The zero-order valence-corrected chi connectivity index (χ0v) is 21.5. The Labute approximate surface area is 219 Å². The van der Waals surface area contributed by atoms with Gasteiger partial charge >= 0.3 is 0 Å². The summed E-state index contributed by atoms with van der Waals surface area (Å²) in [7, 11) is 0. The van der Waals surface area contributed by atoms with Crippen LogP contribution in [0.25, 0.3) is 10.6 Å². The fourth-order valence-corrected chi connectivity index (χ4v) is 6.60. The van der Waals surface area contributed by atoms with Gasteiger partial charge in [0.1, 0.15) is 5.82 Å². The molecule has 4 aromatic rings. The van der Waals surface area contributed by atoms with Gasteiger partial charge in [-0.05, 0) is 31.9 Å². The first kappa shape index (κ1) is 23.8. The maximum absolute atomic E-state index is 13.4. The van der Waals surface area contributed by atoms with Gasteiger partial charge in [0.05, 0.1) is 57.9 Å². The van der Waals surface area contributed by atoms with Crippen molar-refractivity contribution in [1.82, 2.24) is 29.8 Å². The van der Waals surface area contributed by atoms with Crippen LogP contribution in [0.2, 0.25) is 0 Å². The van der Waals surface area contributed by atoms with E-state index >= 15 is 0 Å². The summed E-state index contributed by atoms with van der Waals surface area (Å²) in [6.45, 7) is 3.00. The van der Waals surface area contributed by atoms with Crippen molar-refractivity contribution in [2.24, 2.45) is 0 Å². The molecule has 4 aromatic heterocycles. The van der Waals surface area contributed by atoms with E-state index in [-0.39, 0.29) is 24.6 Å². The van der Waals surface area contributed by atoms with Crippen LogP contribution in [0, 0.1) is 12.7 Å². The number of halogens is 1. The van der Waals surface area contributed by atoms with Crippen molar-refractivity contribution >= 4 is 45.5 Å². The molecule has 1 amide bonds. The summed E-state index contributed by atoms with van der Waals surface area (Å²) in [5, 5.41) is 16.2. The number of fused-ring (bicyclic) bond motifs is 2. The Morgan fingerprint density at radius 1 is 1.14 bits per heavy atom. The Hall–Kier alpha value is -3.55. The molecule has 2 N–H and O–H groups in total. The van der Waals surface area contributed by atoms with Crippen molar-refractivity contribution in [1.29, 1.82) is 0 Å². The van der Waals surface area contributed by atoms with E-state index in [9.17, 15) is 14.3 Å². The molecule has 190 valence electrons. The van der Waals surface area contributed by atoms with E-state index < -0.39 is 5.82 Å². The number of carbonyl (C=O) groups excluding carboxylic acids is 1. The second kappa shape index (κ2) is 9.72. The fraction of sp³-hybridized carbons (Fsp3) is 0.333. The van der Waals surface area contributed by atoms with Gasteiger partial charge < -0.3 is 20.2 Å². The molecule has 2 atom stereocenters. The summed E-state index contributed by atoms with van der Waals surface area (Å²) in [4.78, 5) is 39.8. The Morgan fingerprint density at radius 2 is 1.89 bits per heavy atom. The first-order valence-electron chi connectivity index (χ1n) is 11.8. The number of aryl methyl sites for hydroxylation is 1. The van der Waals surface area contributed by atoms with Gasteiger partial charge in [-0.1, -0.05) is 0 Å². The highest BCUT2D eigenvalue weighted by Crippen LogP contribution is 2.34. The summed E-state index contributed by atoms with van der Waals surface area (Å²) in [6.07, 6.45) is 5.74. The lowest BCUT2D eigenvalue weighted by Gasteiger charge is -2.41. The third-order valence-corrected chi connectivity index (χ3v) is 8.34. The zero-order valence-electron chi connectivity index (χ0n) is 19.8. The maximum Gasteiger partial charge on any atom is 0.256 e. The standard InChI is InChI=1S/C24H23FN8O2S2/c1-13-29-18(11-34)21(37-13)19-12-36-24(30-19)31-20-5-2-14(6-26-20)22(35)33-16-3-4-17(33)10-32(9-16)23-27-7-15(25)8-28-23/h2,5-8,12,16-17,34H,3-4,9-11H2,1H3,(H,26,30,31)/t16-,17+. The third kappa shape index (κ3) is 4.65. The number of aliphatic hydroxyl groups excluding tert-OH is 1. The molecule has 10 nitrogen and oxygen atoms in total. The fourth-order valence-electron chi connectivity index (χ4n) is 4.93. The van der Waals surface area contributed by atoms with E-state index in [0.717, 1.165) is 28.4 Å². The Bertz CT molecular complexity index is 1410. The molecule has 0 spiro atoms. The summed E-state index contributed by atoms with van der Waals surface area (Å²) in [5.41, 5.74) is 1.91. The van der Waals surface area contributed by atoms with Crippen molar-refractivity contribution in [2.45, 2.75) is 38.5 Å². The molecule has 2 aliphatic heterocycles. The monoisotopic (exact) mass is 538 g/mol. The molecule has 2 bridgehead atoms. The lowest BCUT2D eigenvalue weighted by molar-refractivity contribution is 0.0640. The van der Waals surface area contributed by atoms with E-state index in [2.05, 4.69) is 30.2 Å². The van der Waals surface area contributed by atoms with Gasteiger partial charge in [-0.3, -0.25) is 4.79 Å². The number of hydrogen-bond acceptors (Lipinski definition) is 11. The quantitative estimate of drug-likeness (QED) is 0.379. The van der Waals surface area contributed by atoms with Crippen molar-refractivity contribution in [2.75, 3.05) is 23.3 Å². The number of anilines is 3. The largest absolute Gasteiger partial charge is 0.390 e. The van der Waals surface area contributed by atoms with Crippen LogP contribution in [-0.2, 0) is 6.61 Å². The third-order valence-electron chi connectivity index (χ3n) is 6.54. The number of amides is 1. The zero-order chi connectivity index (χ0) is 25.5. The Balaban J connectivity index is 1.12.